The third-order valence-electron chi connectivity index (χ3n) is 5.27. The standard InChI is InChI=1S/C27H23N3O4S/c1-19(31)34-25(32)24(30-33-2)23-18-35-26(28-23)29-27(20-12-6-3-7-13-20,21-14-8-4-9-15-21)22-16-10-5-11-17-22/h3-18H,1-2H3,(H,28,29). The number of aromatic nitrogens is 1. The van der Waals surface area contributed by atoms with Gasteiger partial charge in [-0.25, -0.2) is 9.78 Å². The molecule has 0 aliphatic heterocycles. The highest BCUT2D eigenvalue weighted by Crippen LogP contribution is 2.40. The summed E-state index contributed by atoms with van der Waals surface area (Å²) in [7, 11) is 1.30. The van der Waals surface area contributed by atoms with Gasteiger partial charge in [-0.15, -0.1) is 11.3 Å². The number of carbonyl (C=O) groups is 2. The number of oxime groups is 1. The van der Waals surface area contributed by atoms with Gasteiger partial charge in [0.25, 0.3) is 0 Å². The van der Waals surface area contributed by atoms with Crippen LogP contribution in [-0.4, -0.2) is 29.7 Å². The summed E-state index contributed by atoms with van der Waals surface area (Å²) in [4.78, 5) is 33.1. The van der Waals surface area contributed by atoms with Crippen molar-refractivity contribution in [3.8, 4) is 0 Å². The highest BCUT2D eigenvalue weighted by atomic mass is 32.1. The van der Waals surface area contributed by atoms with Gasteiger partial charge in [0.2, 0.25) is 5.71 Å². The number of anilines is 1. The second-order valence-electron chi connectivity index (χ2n) is 7.51. The lowest BCUT2D eigenvalue weighted by atomic mass is 9.77. The molecule has 0 amide bonds. The Morgan fingerprint density at radius 2 is 1.34 bits per heavy atom. The van der Waals surface area contributed by atoms with Gasteiger partial charge in [0.15, 0.2) is 5.13 Å². The van der Waals surface area contributed by atoms with E-state index in [0.29, 0.717) is 5.13 Å². The fourth-order valence-electron chi connectivity index (χ4n) is 3.84. The van der Waals surface area contributed by atoms with E-state index in [1.807, 2.05) is 54.6 Å². The smallest absolute Gasteiger partial charge is 0.370 e. The van der Waals surface area contributed by atoms with Crippen LogP contribution in [0.15, 0.2) is 102 Å². The minimum absolute atomic E-state index is 0.197. The number of rotatable bonds is 8. The first kappa shape index (κ1) is 23.8. The first-order valence-electron chi connectivity index (χ1n) is 10.8. The van der Waals surface area contributed by atoms with Crippen molar-refractivity contribution in [3.05, 3.63) is 119 Å². The Kier molecular flexibility index (Phi) is 7.32. The second-order valence-corrected chi connectivity index (χ2v) is 8.37. The average molecular weight is 486 g/mol. The molecule has 0 aliphatic carbocycles. The molecule has 0 bridgehead atoms. The van der Waals surface area contributed by atoms with Crippen molar-refractivity contribution in [2.75, 3.05) is 12.4 Å². The molecule has 0 atom stereocenters. The minimum atomic E-state index is -0.934. The first-order valence-corrected chi connectivity index (χ1v) is 11.7. The van der Waals surface area contributed by atoms with Crippen LogP contribution in [0.4, 0.5) is 5.13 Å². The van der Waals surface area contributed by atoms with Crippen LogP contribution in [0, 0.1) is 0 Å². The Labute approximate surface area is 207 Å². The molecule has 35 heavy (non-hydrogen) atoms. The highest BCUT2D eigenvalue weighted by molar-refractivity contribution is 7.14. The predicted molar refractivity (Wildman–Crippen MR) is 135 cm³/mol. The van der Waals surface area contributed by atoms with E-state index in [2.05, 4.69) is 51.9 Å². The third kappa shape index (κ3) is 5.12. The van der Waals surface area contributed by atoms with E-state index in [4.69, 9.17) is 9.57 Å². The number of hydrogen-bond donors (Lipinski definition) is 1. The number of carbonyl (C=O) groups excluding carboxylic acids is 2. The molecular weight excluding hydrogens is 462 g/mol. The van der Waals surface area contributed by atoms with Crippen LogP contribution in [0.3, 0.4) is 0 Å². The van der Waals surface area contributed by atoms with Gasteiger partial charge in [-0.05, 0) is 16.7 Å². The lowest BCUT2D eigenvalue weighted by molar-refractivity contribution is -0.153. The van der Waals surface area contributed by atoms with Crippen LogP contribution in [0.25, 0.3) is 0 Å². The van der Waals surface area contributed by atoms with Crippen LogP contribution >= 0.6 is 11.3 Å². The predicted octanol–water partition coefficient (Wildman–Crippen LogP) is 4.99. The van der Waals surface area contributed by atoms with Crippen molar-refractivity contribution in [2.24, 2.45) is 5.16 Å². The lowest BCUT2D eigenvalue weighted by Gasteiger charge is -2.36. The molecule has 4 aromatic rings. The van der Waals surface area contributed by atoms with E-state index >= 15 is 0 Å². The number of nitrogens with one attached hydrogen (secondary N) is 1. The summed E-state index contributed by atoms with van der Waals surface area (Å²) in [6.07, 6.45) is 0. The molecule has 1 heterocycles. The highest BCUT2D eigenvalue weighted by Gasteiger charge is 2.37. The van der Waals surface area contributed by atoms with E-state index in [1.165, 1.54) is 18.4 Å². The molecule has 1 N–H and O–H groups in total. The van der Waals surface area contributed by atoms with Gasteiger partial charge in [0.05, 0.1) is 0 Å². The van der Waals surface area contributed by atoms with Gasteiger partial charge in [-0.1, -0.05) is 96.2 Å². The molecule has 0 aliphatic rings. The van der Waals surface area contributed by atoms with Gasteiger partial charge in [-0.3, -0.25) is 4.79 Å². The van der Waals surface area contributed by atoms with Crippen molar-refractivity contribution >= 4 is 34.1 Å². The molecule has 0 spiro atoms. The van der Waals surface area contributed by atoms with Crippen LogP contribution in [0.1, 0.15) is 29.3 Å². The maximum Gasteiger partial charge on any atom is 0.370 e. The molecule has 0 unspecified atom stereocenters. The first-order chi connectivity index (χ1) is 17.0. The monoisotopic (exact) mass is 485 g/mol. The molecule has 0 saturated heterocycles. The fourth-order valence-corrected chi connectivity index (χ4v) is 4.59. The summed E-state index contributed by atoms with van der Waals surface area (Å²) >= 11 is 1.30. The normalized spacial score (nSPS) is 11.5. The Balaban J connectivity index is 1.84. The minimum Gasteiger partial charge on any atom is -0.398 e. The molecule has 0 radical (unpaired) electrons. The molecule has 0 fully saturated rings. The summed E-state index contributed by atoms with van der Waals surface area (Å²) in [6.45, 7) is 1.14. The van der Waals surface area contributed by atoms with Crippen molar-refractivity contribution in [1.82, 2.24) is 4.98 Å². The van der Waals surface area contributed by atoms with E-state index in [1.54, 1.807) is 5.38 Å². The Hall–Kier alpha value is -4.30. The molecular formula is C27H23N3O4S. The Morgan fingerprint density at radius 3 is 1.77 bits per heavy atom. The topological polar surface area (TPSA) is 89.9 Å². The molecule has 1 aromatic heterocycles. The van der Waals surface area contributed by atoms with Crippen molar-refractivity contribution in [3.63, 3.8) is 0 Å². The molecule has 4 rings (SSSR count). The van der Waals surface area contributed by atoms with E-state index in [0.717, 1.165) is 23.6 Å². The molecule has 176 valence electrons. The number of thiazole rings is 1. The fraction of sp³-hybridized carbons (Fsp3) is 0.111. The maximum atomic E-state index is 12.4. The second kappa shape index (κ2) is 10.8. The number of nitrogens with zero attached hydrogens (tertiary/aromatic N) is 2. The molecule has 0 saturated carbocycles. The third-order valence-corrected chi connectivity index (χ3v) is 6.03. The summed E-state index contributed by atoms with van der Waals surface area (Å²) in [5.41, 5.74) is 2.28. The zero-order valence-corrected chi connectivity index (χ0v) is 20.0. The molecule has 3 aromatic carbocycles. The van der Waals surface area contributed by atoms with Crippen molar-refractivity contribution in [2.45, 2.75) is 12.5 Å². The summed E-state index contributed by atoms with van der Waals surface area (Å²) in [6, 6.07) is 30.2. The largest absolute Gasteiger partial charge is 0.398 e. The maximum absolute atomic E-state index is 12.4. The Morgan fingerprint density at radius 1 is 0.857 bits per heavy atom. The van der Waals surface area contributed by atoms with E-state index < -0.39 is 17.5 Å². The van der Waals surface area contributed by atoms with Gasteiger partial charge in [0, 0.05) is 12.3 Å². The average Bonchev–Trinajstić information content (AvgIpc) is 3.35. The summed E-state index contributed by atoms with van der Waals surface area (Å²) in [5, 5.41) is 9.57. The lowest BCUT2D eigenvalue weighted by Crippen LogP contribution is -2.38. The Bertz CT molecular complexity index is 1230. The summed E-state index contributed by atoms with van der Waals surface area (Å²) in [5.74, 6) is -1.68. The molecule has 8 heteroatoms. The van der Waals surface area contributed by atoms with Crippen LogP contribution in [-0.2, 0) is 24.7 Å². The SMILES string of the molecule is CON=C(C(=O)OC(C)=O)c1csc(NC(c2ccccc2)(c2ccccc2)c2ccccc2)n1. The zero-order valence-electron chi connectivity index (χ0n) is 19.2. The van der Waals surface area contributed by atoms with E-state index in [9.17, 15) is 9.59 Å². The van der Waals surface area contributed by atoms with E-state index in [-0.39, 0.29) is 11.4 Å². The number of ether oxygens (including phenoxy) is 1. The van der Waals surface area contributed by atoms with Gasteiger partial charge >= 0.3 is 11.9 Å². The van der Waals surface area contributed by atoms with Crippen LogP contribution < -0.4 is 5.32 Å². The van der Waals surface area contributed by atoms with Crippen molar-refractivity contribution < 1.29 is 19.2 Å². The summed E-state index contributed by atoms with van der Waals surface area (Å²) < 4.78 is 4.69. The number of esters is 2. The van der Waals surface area contributed by atoms with Crippen LogP contribution in [0.5, 0.6) is 0 Å². The number of hydrogen-bond acceptors (Lipinski definition) is 8. The quantitative estimate of drug-likeness (QED) is 0.124. The molecule has 7 nitrogen and oxygen atoms in total. The van der Waals surface area contributed by atoms with Crippen LogP contribution in [0.2, 0.25) is 0 Å². The van der Waals surface area contributed by atoms with Gasteiger partial charge in [0.1, 0.15) is 18.3 Å². The van der Waals surface area contributed by atoms with Gasteiger partial charge < -0.3 is 14.9 Å². The number of benzene rings is 3. The van der Waals surface area contributed by atoms with Gasteiger partial charge in [-0.2, -0.15) is 0 Å². The zero-order chi connectivity index (χ0) is 24.7. The van der Waals surface area contributed by atoms with Crippen molar-refractivity contribution in [1.29, 1.82) is 0 Å².